The van der Waals surface area contributed by atoms with E-state index < -0.39 is 12.5 Å². The Hall–Kier alpha value is -1.27. The first-order valence-electron chi connectivity index (χ1n) is 5.08. The van der Waals surface area contributed by atoms with Gasteiger partial charge in [0, 0.05) is 13.0 Å². The lowest BCUT2D eigenvalue weighted by molar-refractivity contribution is -0.275. The summed E-state index contributed by atoms with van der Waals surface area (Å²) >= 11 is 0. The minimum absolute atomic E-state index is 0.104. The molecule has 0 heterocycles. The third-order valence-electron chi connectivity index (χ3n) is 2.09. The maximum atomic E-state index is 12.1. The van der Waals surface area contributed by atoms with Gasteiger partial charge in [-0.2, -0.15) is 0 Å². The molecular weight excluding hydrogens is 235 g/mol. The molecule has 96 valence electrons. The molecule has 1 atom stereocenters. The van der Waals surface area contributed by atoms with Gasteiger partial charge in [0.2, 0.25) is 0 Å². The molecule has 0 aliphatic heterocycles. The van der Waals surface area contributed by atoms with E-state index in [0.29, 0.717) is 12.1 Å². The largest absolute Gasteiger partial charge is 0.573 e. The molecule has 0 saturated carbocycles. The topological polar surface area (TPSA) is 41.5 Å². The average Bonchev–Trinajstić information content (AvgIpc) is 2.19. The van der Waals surface area contributed by atoms with Gasteiger partial charge in [-0.05, 0) is 18.7 Å². The second kappa shape index (κ2) is 5.88. The molecule has 6 heteroatoms. The van der Waals surface area contributed by atoms with Gasteiger partial charge in [-0.15, -0.1) is 13.2 Å². The zero-order valence-corrected chi connectivity index (χ0v) is 9.29. The van der Waals surface area contributed by atoms with Crippen LogP contribution in [-0.2, 0) is 6.42 Å². The van der Waals surface area contributed by atoms with Gasteiger partial charge in [-0.25, -0.2) is 0 Å². The molecule has 0 fully saturated rings. The zero-order chi connectivity index (χ0) is 12.9. The molecule has 2 N–H and O–H groups in total. The van der Waals surface area contributed by atoms with E-state index in [-0.39, 0.29) is 12.2 Å². The van der Waals surface area contributed by atoms with E-state index in [1.165, 1.54) is 18.2 Å². The first-order chi connectivity index (χ1) is 7.92. The number of hydrogen-bond donors (Lipinski definition) is 2. The summed E-state index contributed by atoms with van der Waals surface area (Å²) in [6, 6.07) is 5.79. The van der Waals surface area contributed by atoms with Crippen LogP contribution in [0.25, 0.3) is 0 Å². The number of rotatable bonds is 5. The molecule has 0 radical (unpaired) electrons. The van der Waals surface area contributed by atoms with Gasteiger partial charge in [0.15, 0.2) is 0 Å². The van der Waals surface area contributed by atoms with Crippen LogP contribution in [0.3, 0.4) is 0 Å². The minimum Gasteiger partial charge on any atom is -0.406 e. The third-order valence-corrected chi connectivity index (χ3v) is 2.09. The maximum Gasteiger partial charge on any atom is 0.573 e. The Bertz CT molecular complexity index is 355. The number of aliphatic hydroxyl groups excluding tert-OH is 1. The number of ether oxygens (including phenoxy) is 1. The summed E-state index contributed by atoms with van der Waals surface area (Å²) in [5, 5.41) is 12.3. The first-order valence-corrected chi connectivity index (χ1v) is 5.08. The van der Waals surface area contributed by atoms with Gasteiger partial charge in [-0.1, -0.05) is 18.2 Å². The average molecular weight is 249 g/mol. The Morgan fingerprint density at radius 2 is 2.00 bits per heavy atom. The van der Waals surface area contributed by atoms with Crippen LogP contribution in [0.2, 0.25) is 0 Å². The van der Waals surface area contributed by atoms with Crippen LogP contribution in [0.15, 0.2) is 24.3 Å². The first kappa shape index (κ1) is 13.8. The molecule has 0 bridgehead atoms. The van der Waals surface area contributed by atoms with Crippen LogP contribution in [0.5, 0.6) is 5.75 Å². The highest BCUT2D eigenvalue weighted by Gasteiger charge is 2.32. The molecule has 3 nitrogen and oxygen atoms in total. The number of likely N-dealkylation sites (N-methyl/N-ethyl adjacent to an activating group) is 1. The van der Waals surface area contributed by atoms with E-state index in [2.05, 4.69) is 10.1 Å². The Balaban J connectivity index is 2.77. The van der Waals surface area contributed by atoms with E-state index in [4.69, 9.17) is 0 Å². The lowest BCUT2D eigenvalue weighted by Crippen LogP contribution is -2.26. The number of hydrogen-bond acceptors (Lipinski definition) is 3. The number of para-hydroxylation sites is 1. The summed E-state index contributed by atoms with van der Waals surface area (Å²) in [6.07, 6.45) is -5.37. The molecule has 1 aromatic carbocycles. The van der Waals surface area contributed by atoms with E-state index >= 15 is 0 Å². The van der Waals surface area contributed by atoms with Crippen molar-refractivity contribution in [3.63, 3.8) is 0 Å². The van der Waals surface area contributed by atoms with Crippen molar-refractivity contribution in [2.75, 3.05) is 13.6 Å². The Labute approximate surface area is 97.2 Å². The second-order valence-electron chi connectivity index (χ2n) is 3.57. The van der Waals surface area contributed by atoms with Gasteiger partial charge in [-0.3, -0.25) is 0 Å². The molecule has 0 spiro atoms. The molecule has 0 aliphatic rings. The lowest BCUT2D eigenvalue weighted by atomic mass is 10.1. The minimum atomic E-state index is -4.72. The van der Waals surface area contributed by atoms with Crippen molar-refractivity contribution in [2.45, 2.75) is 18.9 Å². The van der Waals surface area contributed by atoms with E-state index in [9.17, 15) is 18.3 Å². The summed E-state index contributed by atoms with van der Waals surface area (Å²) < 4.78 is 40.2. The van der Waals surface area contributed by atoms with Gasteiger partial charge in [0.05, 0.1) is 6.10 Å². The third kappa shape index (κ3) is 5.06. The van der Waals surface area contributed by atoms with Crippen LogP contribution < -0.4 is 10.1 Å². The molecule has 0 saturated heterocycles. The van der Waals surface area contributed by atoms with Crippen LogP contribution in [0.4, 0.5) is 13.2 Å². The van der Waals surface area contributed by atoms with Gasteiger partial charge < -0.3 is 15.2 Å². The molecule has 0 aliphatic carbocycles. The highest BCUT2D eigenvalue weighted by molar-refractivity contribution is 5.34. The van der Waals surface area contributed by atoms with Gasteiger partial charge in [0.1, 0.15) is 5.75 Å². The fourth-order valence-corrected chi connectivity index (χ4v) is 1.46. The predicted octanol–water partition coefficient (Wildman–Crippen LogP) is 1.71. The smallest absolute Gasteiger partial charge is 0.406 e. The van der Waals surface area contributed by atoms with Crippen molar-refractivity contribution in [1.29, 1.82) is 0 Å². The molecule has 17 heavy (non-hydrogen) atoms. The fraction of sp³-hybridized carbons (Fsp3) is 0.455. The van der Waals surface area contributed by atoms with Crippen molar-refractivity contribution in [2.24, 2.45) is 0 Å². The molecule has 1 rings (SSSR count). The molecule has 0 amide bonds. The monoisotopic (exact) mass is 249 g/mol. The SMILES string of the molecule is CNCC(O)Cc1ccccc1OC(F)(F)F. The standard InChI is InChI=1S/C11H14F3NO2/c1-15-7-9(16)6-8-4-2-3-5-10(8)17-11(12,13)14/h2-5,9,15-16H,6-7H2,1H3. The van der Waals surface area contributed by atoms with E-state index in [0.717, 1.165) is 0 Å². The highest BCUT2D eigenvalue weighted by Crippen LogP contribution is 2.26. The van der Waals surface area contributed by atoms with Crippen molar-refractivity contribution in [1.82, 2.24) is 5.32 Å². The van der Waals surface area contributed by atoms with Crippen molar-refractivity contribution in [3.8, 4) is 5.75 Å². The number of halogens is 3. The summed E-state index contributed by atoms with van der Waals surface area (Å²) in [6.45, 7) is 0.306. The number of nitrogens with one attached hydrogen (secondary N) is 1. The summed E-state index contributed by atoms with van der Waals surface area (Å²) in [5.41, 5.74) is 0.326. The van der Waals surface area contributed by atoms with Crippen LogP contribution >= 0.6 is 0 Å². The molecule has 1 aromatic rings. The zero-order valence-electron chi connectivity index (χ0n) is 9.29. The molecular formula is C11H14F3NO2. The number of alkyl halides is 3. The normalized spacial score (nSPS) is 13.5. The van der Waals surface area contributed by atoms with Gasteiger partial charge >= 0.3 is 6.36 Å². The summed E-state index contributed by atoms with van der Waals surface area (Å²) in [7, 11) is 1.65. The van der Waals surface area contributed by atoms with E-state index in [1.807, 2.05) is 0 Å². The Morgan fingerprint density at radius 3 is 2.59 bits per heavy atom. The number of benzene rings is 1. The van der Waals surface area contributed by atoms with Crippen molar-refractivity contribution in [3.05, 3.63) is 29.8 Å². The Morgan fingerprint density at radius 1 is 1.35 bits per heavy atom. The molecule has 0 aromatic heterocycles. The van der Waals surface area contributed by atoms with Crippen LogP contribution in [0, 0.1) is 0 Å². The van der Waals surface area contributed by atoms with Gasteiger partial charge in [0.25, 0.3) is 0 Å². The highest BCUT2D eigenvalue weighted by atomic mass is 19.4. The fourth-order valence-electron chi connectivity index (χ4n) is 1.46. The Kier molecular flexibility index (Phi) is 4.77. The molecule has 1 unspecified atom stereocenters. The van der Waals surface area contributed by atoms with E-state index in [1.54, 1.807) is 13.1 Å². The van der Waals surface area contributed by atoms with Crippen molar-refractivity contribution < 1.29 is 23.0 Å². The predicted molar refractivity (Wildman–Crippen MR) is 56.8 cm³/mol. The van der Waals surface area contributed by atoms with Crippen LogP contribution in [0.1, 0.15) is 5.56 Å². The lowest BCUT2D eigenvalue weighted by Gasteiger charge is -2.15. The number of aliphatic hydroxyl groups is 1. The quantitative estimate of drug-likeness (QED) is 0.834. The van der Waals surface area contributed by atoms with Crippen LogP contribution in [-0.4, -0.2) is 31.2 Å². The second-order valence-corrected chi connectivity index (χ2v) is 3.57. The van der Waals surface area contributed by atoms with Crippen molar-refractivity contribution >= 4 is 0 Å². The maximum absolute atomic E-state index is 12.1. The summed E-state index contributed by atoms with van der Waals surface area (Å²) in [5.74, 6) is -0.268. The summed E-state index contributed by atoms with van der Waals surface area (Å²) in [4.78, 5) is 0.